The van der Waals surface area contributed by atoms with Crippen LogP contribution < -0.4 is 0 Å². The van der Waals surface area contributed by atoms with Crippen molar-refractivity contribution in [1.29, 1.82) is 0 Å². The molecule has 1 nitrogen and oxygen atoms in total. The number of hydrogen-bond acceptors (Lipinski definition) is 1. The lowest BCUT2D eigenvalue weighted by Gasteiger charge is -2.19. The van der Waals surface area contributed by atoms with Gasteiger partial charge in [-0.1, -0.05) is 49.3 Å². The number of hydrogen-bond donors (Lipinski definition) is 0. The Labute approximate surface area is 84.0 Å². The first-order valence-corrected chi connectivity index (χ1v) is 5.67. The van der Waals surface area contributed by atoms with Crippen LogP contribution >= 0.6 is 22.6 Å². The molecule has 0 rings (SSSR count). The van der Waals surface area contributed by atoms with Gasteiger partial charge in [-0.15, -0.1) is 0 Å². The third kappa shape index (κ3) is 5.01. The molecule has 0 bridgehead atoms. The largest absolute Gasteiger partial charge is 0.380 e. The third-order valence-corrected chi connectivity index (χ3v) is 3.27. The minimum Gasteiger partial charge on any atom is -0.380 e. The van der Waals surface area contributed by atoms with Gasteiger partial charge < -0.3 is 4.74 Å². The van der Waals surface area contributed by atoms with Gasteiger partial charge in [-0.25, -0.2) is 0 Å². The molecule has 0 saturated heterocycles. The van der Waals surface area contributed by atoms with Gasteiger partial charge in [-0.05, 0) is 12.8 Å². The van der Waals surface area contributed by atoms with Gasteiger partial charge in [0.15, 0.2) is 0 Å². The van der Waals surface area contributed by atoms with Crippen LogP contribution in [-0.2, 0) is 4.74 Å². The molecular weight excluding hydrogens is 251 g/mol. The van der Waals surface area contributed by atoms with Crippen molar-refractivity contribution in [1.82, 2.24) is 0 Å². The Bertz CT molecular complexity index is 85.6. The summed E-state index contributed by atoms with van der Waals surface area (Å²) in [6, 6.07) is 0. The lowest BCUT2D eigenvalue weighted by atomic mass is 10.1. The first-order chi connectivity index (χ1) is 5.26. The monoisotopic (exact) mass is 270 g/mol. The number of alkyl halides is 1. The second-order valence-electron chi connectivity index (χ2n) is 2.87. The lowest BCUT2D eigenvalue weighted by Crippen LogP contribution is -2.22. The zero-order valence-electron chi connectivity index (χ0n) is 7.77. The SMILES string of the molecule is CCC[C@H](I)[C@@H](CCC)OC. The maximum atomic E-state index is 5.40. The average Bonchev–Trinajstić information content (AvgIpc) is 2.00. The van der Waals surface area contributed by atoms with Crippen LogP contribution in [0.4, 0.5) is 0 Å². The van der Waals surface area contributed by atoms with Crippen LogP contribution in [0.1, 0.15) is 39.5 Å². The van der Waals surface area contributed by atoms with Gasteiger partial charge in [-0.2, -0.15) is 0 Å². The highest BCUT2D eigenvalue weighted by Crippen LogP contribution is 2.19. The van der Waals surface area contributed by atoms with E-state index >= 15 is 0 Å². The molecular formula is C9H19IO. The molecule has 0 aromatic heterocycles. The first-order valence-electron chi connectivity index (χ1n) is 4.43. The van der Waals surface area contributed by atoms with Crippen LogP contribution in [0.3, 0.4) is 0 Å². The number of rotatable bonds is 6. The second kappa shape index (κ2) is 7.35. The highest BCUT2D eigenvalue weighted by Gasteiger charge is 2.15. The fourth-order valence-electron chi connectivity index (χ4n) is 1.19. The fourth-order valence-corrected chi connectivity index (χ4v) is 2.47. The minimum atomic E-state index is 0.473. The van der Waals surface area contributed by atoms with Crippen LogP contribution in [0.2, 0.25) is 0 Å². The Balaban J connectivity index is 3.61. The number of methoxy groups -OCH3 is 1. The van der Waals surface area contributed by atoms with Gasteiger partial charge in [0.05, 0.1) is 6.10 Å². The molecule has 11 heavy (non-hydrogen) atoms. The smallest absolute Gasteiger partial charge is 0.0688 e. The number of halogens is 1. The summed E-state index contributed by atoms with van der Waals surface area (Å²) in [6.07, 6.45) is 5.43. The van der Waals surface area contributed by atoms with Crippen LogP contribution in [-0.4, -0.2) is 17.1 Å². The predicted molar refractivity (Wildman–Crippen MR) is 58.4 cm³/mol. The third-order valence-electron chi connectivity index (χ3n) is 1.84. The Kier molecular flexibility index (Phi) is 7.81. The van der Waals surface area contributed by atoms with E-state index in [1.165, 1.54) is 25.7 Å². The van der Waals surface area contributed by atoms with Gasteiger partial charge >= 0.3 is 0 Å². The van der Waals surface area contributed by atoms with Crippen molar-refractivity contribution in [2.24, 2.45) is 0 Å². The van der Waals surface area contributed by atoms with Crippen molar-refractivity contribution in [3.05, 3.63) is 0 Å². The van der Waals surface area contributed by atoms with E-state index in [0.29, 0.717) is 10.0 Å². The molecule has 0 aliphatic heterocycles. The highest BCUT2D eigenvalue weighted by molar-refractivity contribution is 14.1. The second-order valence-corrected chi connectivity index (χ2v) is 4.47. The normalized spacial score (nSPS) is 16.4. The predicted octanol–water partition coefficient (Wildman–Crippen LogP) is 3.41. The van der Waals surface area contributed by atoms with Gasteiger partial charge in [0.2, 0.25) is 0 Å². The molecule has 68 valence electrons. The summed E-state index contributed by atoms with van der Waals surface area (Å²) in [5, 5.41) is 0. The first kappa shape index (κ1) is 11.7. The molecule has 0 aliphatic carbocycles. The van der Waals surface area contributed by atoms with Gasteiger partial charge in [0.1, 0.15) is 0 Å². The van der Waals surface area contributed by atoms with E-state index in [2.05, 4.69) is 36.4 Å². The molecule has 0 radical (unpaired) electrons. The van der Waals surface area contributed by atoms with Crippen molar-refractivity contribution >= 4 is 22.6 Å². The molecule has 2 atom stereocenters. The van der Waals surface area contributed by atoms with Gasteiger partial charge in [0, 0.05) is 11.0 Å². The molecule has 0 fully saturated rings. The van der Waals surface area contributed by atoms with E-state index in [9.17, 15) is 0 Å². The van der Waals surface area contributed by atoms with E-state index in [-0.39, 0.29) is 0 Å². The lowest BCUT2D eigenvalue weighted by molar-refractivity contribution is 0.0941. The van der Waals surface area contributed by atoms with Crippen molar-refractivity contribution in [3.8, 4) is 0 Å². The molecule has 0 aromatic carbocycles. The van der Waals surface area contributed by atoms with Crippen LogP contribution in [0, 0.1) is 0 Å². The zero-order chi connectivity index (χ0) is 8.69. The maximum absolute atomic E-state index is 5.40. The molecule has 0 aromatic rings. The molecule has 2 heteroatoms. The summed E-state index contributed by atoms with van der Waals surface area (Å²) in [7, 11) is 1.82. The standard InChI is InChI=1S/C9H19IO/c1-4-6-8(10)9(11-3)7-5-2/h8-9H,4-7H2,1-3H3/t8-,9+/m0/s1. The summed E-state index contributed by atoms with van der Waals surface area (Å²) in [5.41, 5.74) is 0. The molecule has 0 heterocycles. The Morgan fingerprint density at radius 1 is 1.18 bits per heavy atom. The fraction of sp³-hybridized carbons (Fsp3) is 1.00. The minimum absolute atomic E-state index is 0.473. The Hall–Kier alpha value is 0.690. The van der Waals surface area contributed by atoms with Crippen LogP contribution in [0.25, 0.3) is 0 Å². The Morgan fingerprint density at radius 3 is 2.09 bits per heavy atom. The van der Waals surface area contributed by atoms with Gasteiger partial charge in [-0.3, -0.25) is 0 Å². The van der Waals surface area contributed by atoms with Crippen molar-refractivity contribution in [3.63, 3.8) is 0 Å². The molecule has 0 spiro atoms. The summed E-state index contributed by atoms with van der Waals surface area (Å²) in [4.78, 5) is 0. The Morgan fingerprint density at radius 2 is 1.73 bits per heavy atom. The summed E-state index contributed by atoms with van der Waals surface area (Å²) in [5.74, 6) is 0. The summed E-state index contributed by atoms with van der Waals surface area (Å²) in [6.45, 7) is 4.44. The van der Waals surface area contributed by atoms with Crippen LogP contribution in [0.5, 0.6) is 0 Å². The van der Waals surface area contributed by atoms with Gasteiger partial charge in [0.25, 0.3) is 0 Å². The van der Waals surface area contributed by atoms with Crippen molar-refractivity contribution in [2.45, 2.75) is 49.6 Å². The summed E-state index contributed by atoms with van der Waals surface area (Å²) >= 11 is 2.50. The van der Waals surface area contributed by atoms with Crippen molar-refractivity contribution < 1.29 is 4.74 Å². The summed E-state index contributed by atoms with van der Waals surface area (Å²) < 4.78 is 6.09. The maximum Gasteiger partial charge on any atom is 0.0688 e. The van der Waals surface area contributed by atoms with E-state index < -0.39 is 0 Å². The van der Waals surface area contributed by atoms with E-state index in [1.54, 1.807) is 0 Å². The quantitative estimate of drug-likeness (QED) is 0.531. The van der Waals surface area contributed by atoms with Crippen LogP contribution in [0.15, 0.2) is 0 Å². The molecule has 0 saturated carbocycles. The number of ether oxygens (including phenoxy) is 1. The molecule has 0 amide bonds. The molecule has 0 N–H and O–H groups in total. The van der Waals surface area contributed by atoms with E-state index in [1.807, 2.05) is 7.11 Å². The average molecular weight is 270 g/mol. The van der Waals surface area contributed by atoms with E-state index in [4.69, 9.17) is 4.74 Å². The molecule has 0 aliphatic rings. The van der Waals surface area contributed by atoms with Crippen molar-refractivity contribution in [2.75, 3.05) is 7.11 Å². The molecule has 0 unspecified atom stereocenters. The van der Waals surface area contributed by atoms with E-state index in [0.717, 1.165) is 0 Å². The zero-order valence-corrected chi connectivity index (χ0v) is 9.93. The topological polar surface area (TPSA) is 9.23 Å². The highest BCUT2D eigenvalue weighted by atomic mass is 127.